The molecule has 1 fully saturated rings. The Labute approximate surface area is 192 Å². The van der Waals surface area contributed by atoms with Gasteiger partial charge in [-0.25, -0.2) is 9.97 Å². The number of nitrogens with one attached hydrogen (secondary N) is 1. The summed E-state index contributed by atoms with van der Waals surface area (Å²) in [5.74, 6) is -0.587. The van der Waals surface area contributed by atoms with Crippen molar-refractivity contribution in [1.82, 2.24) is 9.97 Å². The predicted octanol–water partition coefficient (Wildman–Crippen LogP) is 3.11. The van der Waals surface area contributed by atoms with Crippen LogP contribution in [0.2, 0.25) is 0 Å². The molecule has 1 saturated heterocycles. The topological polar surface area (TPSA) is 108 Å². The van der Waals surface area contributed by atoms with Crippen molar-refractivity contribution in [2.24, 2.45) is 0 Å². The standard InChI is InChI=1S/C22H19ClF2N4O4/c23-22(24,25)33-16-4-2-15(3-5-16)28-21(32)13-1-6-18(29-10-19(30)20(31)11-29)17(7-13)14-8-26-12-27-9-14/h1-9,12,19-20,30-31H,10-11H2,(H,28,32)/t19-,20-/m0/s1. The van der Waals surface area contributed by atoms with Gasteiger partial charge in [0.15, 0.2) is 0 Å². The first-order valence-electron chi connectivity index (χ1n) is 9.87. The lowest BCUT2D eigenvalue weighted by Crippen LogP contribution is -2.22. The Kier molecular flexibility index (Phi) is 6.41. The van der Waals surface area contributed by atoms with Crippen molar-refractivity contribution in [3.63, 3.8) is 0 Å². The average molecular weight is 477 g/mol. The van der Waals surface area contributed by atoms with Crippen molar-refractivity contribution >= 4 is 28.9 Å². The molecular formula is C22H19ClF2N4O4. The number of aliphatic hydroxyl groups is 2. The van der Waals surface area contributed by atoms with Gasteiger partial charge in [-0.3, -0.25) is 4.79 Å². The molecule has 2 aromatic carbocycles. The highest BCUT2D eigenvalue weighted by molar-refractivity contribution is 6.20. The second-order valence-electron chi connectivity index (χ2n) is 7.43. The normalized spacial score (nSPS) is 18.3. The van der Waals surface area contributed by atoms with E-state index in [-0.39, 0.29) is 18.8 Å². The number of nitrogens with zero attached hydrogens (tertiary/aromatic N) is 3. The number of hydrogen-bond donors (Lipinski definition) is 3. The Bertz CT molecular complexity index is 1120. The minimum absolute atomic E-state index is 0.154. The molecule has 172 valence electrons. The molecule has 3 N–H and O–H groups in total. The average Bonchev–Trinajstić information content (AvgIpc) is 3.12. The lowest BCUT2D eigenvalue weighted by atomic mass is 10.0. The molecule has 0 radical (unpaired) electrons. The Balaban J connectivity index is 1.58. The monoisotopic (exact) mass is 476 g/mol. The SMILES string of the molecule is O=C(Nc1ccc(OC(F)(F)Cl)cc1)c1ccc(N2C[C@H](O)[C@@H](O)C2)c(-c2cncnc2)c1. The van der Waals surface area contributed by atoms with E-state index in [4.69, 9.17) is 11.6 Å². The van der Waals surface area contributed by atoms with E-state index in [2.05, 4.69) is 20.0 Å². The second kappa shape index (κ2) is 9.26. The molecule has 1 aromatic heterocycles. The number of anilines is 2. The van der Waals surface area contributed by atoms with Crippen molar-refractivity contribution < 1.29 is 28.5 Å². The lowest BCUT2D eigenvalue weighted by Gasteiger charge is -2.22. The van der Waals surface area contributed by atoms with Crippen LogP contribution < -0.4 is 15.0 Å². The van der Waals surface area contributed by atoms with Crippen molar-refractivity contribution in [2.75, 3.05) is 23.3 Å². The number of β-amino-alcohol motifs (C(OH)–C–C–N with tert-alkyl or cyclic N) is 2. The van der Waals surface area contributed by atoms with Crippen LogP contribution in [0, 0.1) is 0 Å². The molecule has 3 aromatic rings. The van der Waals surface area contributed by atoms with Gasteiger partial charge in [-0.15, -0.1) is 8.78 Å². The van der Waals surface area contributed by atoms with Crippen molar-refractivity contribution in [2.45, 2.75) is 17.8 Å². The summed E-state index contributed by atoms with van der Waals surface area (Å²) >= 11 is 4.75. The van der Waals surface area contributed by atoms with E-state index in [1.54, 1.807) is 30.6 Å². The Morgan fingerprint density at radius 2 is 1.73 bits per heavy atom. The molecule has 2 atom stereocenters. The van der Waals surface area contributed by atoms with Crippen molar-refractivity contribution in [1.29, 1.82) is 0 Å². The van der Waals surface area contributed by atoms with E-state index in [9.17, 15) is 23.8 Å². The quantitative estimate of drug-likeness (QED) is 0.469. The number of hydrogen-bond acceptors (Lipinski definition) is 7. The number of rotatable bonds is 6. The van der Waals surface area contributed by atoms with Crippen molar-refractivity contribution in [3.05, 3.63) is 66.7 Å². The molecule has 1 amide bonds. The van der Waals surface area contributed by atoms with Crippen LogP contribution in [-0.4, -0.2) is 57.0 Å². The summed E-state index contributed by atoms with van der Waals surface area (Å²) in [6.07, 6.45) is 2.83. The predicted molar refractivity (Wildman–Crippen MR) is 118 cm³/mol. The van der Waals surface area contributed by atoms with Gasteiger partial charge in [0, 0.05) is 65.1 Å². The first kappa shape index (κ1) is 22.8. The number of ether oxygens (including phenoxy) is 1. The third-order valence-electron chi connectivity index (χ3n) is 5.08. The molecule has 0 aliphatic carbocycles. The van der Waals surface area contributed by atoms with E-state index in [0.29, 0.717) is 28.1 Å². The Hall–Kier alpha value is -3.34. The molecule has 33 heavy (non-hydrogen) atoms. The summed E-state index contributed by atoms with van der Waals surface area (Å²) in [4.78, 5) is 22.7. The fourth-order valence-corrected chi connectivity index (χ4v) is 3.62. The highest BCUT2D eigenvalue weighted by Crippen LogP contribution is 2.34. The van der Waals surface area contributed by atoms with Gasteiger partial charge in [0.05, 0.1) is 12.2 Å². The molecular weight excluding hydrogens is 458 g/mol. The molecule has 4 rings (SSSR count). The zero-order chi connectivity index (χ0) is 23.6. The molecule has 8 nitrogen and oxygen atoms in total. The van der Waals surface area contributed by atoms with E-state index in [0.717, 1.165) is 0 Å². The van der Waals surface area contributed by atoms with Crippen LogP contribution in [0.3, 0.4) is 0 Å². The van der Waals surface area contributed by atoms with E-state index >= 15 is 0 Å². The maximum absolute atomic E-state index is 12.8. The van der Waals surface area contributed by atoms with Crippen LogP contribution in [0.15, 0.2) is 61.2 Å². The van der Waals surface area contributed by atoms with Crippen LogP contribution >= 0.6 is 11.6 Å². The van der Waals surface area contributed by atoms with E-state index < -0.39 is 23.7 Å². The number of aliphatic hydroxyl groups excluding tert-OH is 2. The summed E-state index contributed by atoms with van der Waals surface area (Å²) in [5, 5.41) is 22.6. The first-order chi connectivity index (χ1) is 15.7. The number of carbonyl (C=O) groups excluding carboxylic acids is 1. The van der Waals surface area contributed by atoms with Crippen LogP contribution in [0.1, 0.15) is 10.4 Å². The summed E-state index contributed by atoms with van der Waals surface area (Å²) in [5.41, 5.74) is -1.12. The van der Waals surface area contributed by atoms with Gasteiger partial charge in [-0.1, -0.05) is 0 Å². The highest BCUT2D eigenvalue weighted by Gasteiger charge is 2.31. The molecule has 11 heteroatoms. The number of halogens is 3. The van der Waals surface area contributed by atoms with Crippen LogP contribution in [0.25, 0.3) is 11.1 Å². The number of amides is 1. The van der Waals surface area contributed by atoms with E-state index in [1.807, 2.05) is 4.90 Å². The minimum atomic E-state index is -3.83. The number of benzene rings is 2. The lowest BCUT2D eigenvalue weighted by molar-refractivity contribution is -0.0964. The van der Waals surface area contributed by atoms with Gasteiger partial charge >= 0.3 is 5.57 Å². The maximum Gasteiger partial charge on any atom is 0.487 e. The third kappa shape index (κ3) is 5.54. The number of aromatic nitrogens is 2. The molecule has 0 spiro atoms. The van der Waals surface area contributed by atoms with Gasteiger partial charge in [0.25, 0.3) is 5.91 Å². The fraction of sp³-hybridized carbons (Fsp3) is 0.227. The van der Waals surface area contributed by atoms with Gasteiger partial charge in [-0.2, -0.15) is 0 Å². The molecule has 1 aliphatic heterocycles. The first-order valence-corrected chi connectivity index (χ1v) is 10.2. The second-order valence-corrected chi connectivity index (χ2v) is 7.87. The Morgan fingerprint density at radius 1 is 1.09 bits per heavy atom. The summed E-state index contributed by atoms with van der Waals surface area (Å²) in [7, 11) is 0. The fourth-order valence-electron chi connectivity index (χ4n) is 3.53. The van der Waals surface area contributed by atoms with Gasteiger partial charge in [0.1, 0.15) is 12.1 Å². The van der Waals surface area contributed by atoms with Gasteiger partial charge in [0.2, 0.25) is 0 Å². The van der Waals surface area contributed by atoms with Gasteiger partial charge in [-0.05, 0) is 42.5 Å². The highest BCUT2D eigenvalue weighted by atomic mass is 35.5. The summed E-state index contributed by atoms with van der Waals surface area (Å²) in [6, 6.07) is 10.3. The molecule has 2 heterocycles. The van der Waals surface area contributed by atoms with Crippen LogP contribution in [0.4, 0.5) is 20.2 Å². The number of carbonyl (C=O) groups is 1. The Morgan fingerprint density at radius 3 is 2.33 bits per heavy atom. The summed E-state index contributed by atoms with van der Waals surface area (Å²) in [6.45, 7) is 0.479. The maximum atomic E-state index is 12.8. The summed E-state index contributed by atoms with van der Waals surface area (Å²) < 4.78 is 29.7. The largest absolute Gasteiger partial charge is 0.487 e. The van der Waals surface area contributed by atoms with Crippen LogP contribution in [-0.2, 0) is 0 Å². The number of alkyl halides is 3. The smallest absolute Gasteiger partial charge is 0.420 e. The van der Waals surface area contributed by atoms with Gasteiger partial charge < -0.3 is 25.2 Å². The molecule has 1 aliphatic rings. The zero-order valence-electron chi connectivity index (χ0n) is 17.0. The van der Waals surface area contributed by atoms with Crippen LogP contribution in [0.5, 0.6) is 5.75 Å². The molecule has 0 saturated carbocycles. The molecule has 0 bridgehead atoms. The third-order valence-corrected chi connectivity index (χ3v) is 5.15. The zero-order valence-corrected chi connectivity index (χ0v) is 17.8. The van der Waals surface area contributed by atoms with E-state index in [1.165, 1.54) is 30.6 Å². The molecule has 0 unspecified atom stereocenters. The van der Waals surface area contributed by atoms with Crippen molar-refractivity contribution in [3.8, 4) is 16.9 Å². The minimum Gasteiger partial charge on any atom is -0.420 e.